The third kappa shape index (κ3) is 7.26. The van der Waals surface area contributed by atoms with Crippen LogP contribution in [0.3, 0.4) is 0 Å². The number of nitrogens with one attached hydrogen (secondary N) is 3. The van der Waals surface area contributed by atoms with Crippen LogP contribution >= 0.6 is 0 Å². The number of piperidine rings is 1. The highest BCUT2D eigenvalue weighted by Crippen LogP contribution is 2.33. The minimum absolute atomic E-state index is 0.0797. The summed E-state index contributed by atoms with van der Waals surface area (Å²) in [5.74, 6) is -1.01. The third-order valence-electron chi connectivity index (χ3n) is 12.5. The average Bonchev–Trinajstić information content (AvgIpc) is 3.97. The van der Waals surface area contributed by atoms with Crippen molar-refractivity contribution in [1.29, 1.82) is 5.26 Å². The third-order valence-corrected chi connectivity index (χ3v) is 12.5. The number of rotatable bonds is 9. The molecule has 3 N–H and O–H groups in total. The maximum atomic E-state index is 13.8. The number of hydrogen-bond donors (Lipinski definition) is 3. The SMILES string of the molecule is N#Cc1cnc2c(c1)ncn2-c1cc(NC2CCCC2)c(C(=O)NC2CCC(CN3CCN(c4ccc5c(c4)C(=O)N(C4CCC(=O)NC4=O)C5=O)CC3)CC2)cn1. The van der Waals surface area contributed by atoms with Crippen LogP contribution < -0.4 is 20.9 Å². The molecule has 16 nitrogen and oxygen atoms in total. The maximum absolute atomic E-state index is 13.8. The molecule has 3 aliphatic heterocycles. The second-order valence-electron chi connectivity index (χ2n) is 16.2. The summed E-state index contributed by atoms with van der Waals surface area (Å²) in [7, 11) is 0. The number of benzene rings is 1. The van der Waals surface area contributed by atoms with Crippen molar-refractivity contribution >= 4 is 52.1 Å². The van der Waals surface area contributed by atoms with Crippen LogP contribution in [-0.4, -0.2) is 110 Å². The molecule has 4 aromatic rings. The van der Waals surface area contributed by atoms with E-state index in [0.717, 1.165) is 100 Å². The second kappa shape index (κ2) is 15.6. The number of nitrogens with zero attached hydrogens (tertiary/aromatic N) is 8. The van der Waals surface area contributed by atoms with E-state index in [-0.39, 0.29) is 36.4 Å². The van der Waals surface area contributed by atoms with Gasteiger partial charge in [-0.1, -0.05) is 12.8 Å². The van der Waals surface area contributed by atoms with Crippen LogP contribution in [0.15, 0.2) is 49.1 Å². The van der Waals surface area contributed by atoms with Crippen molar-refractivity contribution in [3.8, 4) is 11.9 Å². The molecule has 16 heteroatoms. The summed E-state index contributed by atoms with van der Waals surface area (Å²) in [6.07, 6.45) is 13.3. The standard InChI is InChI=1S/C42H45N11O5/c43-20-26-17-34-38(45-21-26)52(24-46-34)36-19-33(47-27-3-1-2-4-27)32(22-44-36)39(55)48-28-7-5-25(6-8-28)23-50-13-15-51(16-14-50)29-9-10-30-31(18-29)42(58)53(41(30)57)35-11-12-37(54)49-40(35)56/h9-10,17-19,21-22,24-25,27-28,35H,1-8,11-16,23H2,(H,44,47)(H,48,55)(H,49,54,56). The molecular weight excluding hydrogens is 739 g/mol. The Labute approximate surface area is 335 Å². The molecule has 6 heterocycles. The second-order valence-corrected chi connectivity index (χ2v) is 16.2. The van der Waals surface area contributed by atoms with E-state index in [1.54, 1.807) is 35.3 Å². The van der Waals surface area contributed by atoms with Gasteiger partial charge >= 0.3 is 0 Å². The van der Waals surface area contributed by atoms with E-state index in [9.17, 15) is 29.2 Å². The zero-order valence-corrected chi connectivity index (χ0v) is 32.2. The highest BCUT2D eigenvalue weighted by atomic mass is 16.2. The molecule has 1 aromatic carbocycles. The molecule has 2 saturated heterocycles. The van der Waals surface area contributed by atoms with E-state index in [0.29, 0.717) is 39.6 Å². The number of carbonyl (C=O) groups is 5. The Morgan fingerprint density at radius 3 is 2.38 bits per heavy atom. The van der Waals surface area contributed by atoms with Crippen LogP contribution in [0.25, 0.3) is 17.0 Å². The van der Waals surface area contributed by atoms with Crippen molar-refractivity contribution in [2.45, 2.75) is 82.3 Å². The predicted molar refractivity (Wildman–Crippen MR) is 212 cm³/mol. The first kappa shape index (κ1) is 37.4. The molecule has 298 valence electrons. The van der Waals surface area contributed by atoms with E-state index in [4.69, 9.17) is 0 Å². The van der Waals surface area contributed by atoms with Crippen molar-refractivity contribution in [3.05, 3.63) is 71.3 Å². The number of amides is 5. The van der Waals surface area contributed by atoms with Gasteiger partial charge in [0.15, 0.2) is 5.65 Å². The number of anilines is 2. The smallest absolute Gasteiger partial charge is 0.262 e. The Hall–Kier alpha value is -6.21. The lowest BCUT2D eigenvalue weighted by atomic mass is 9.85. The van der Waals surface area contributed by atoms with Crippen LogP contribution in [0.4, 0.5) is 11.4 Å². The number of imide groups is 2. The summed E-state index contributed by atoms with van der Waals surface area (Å²) >= 11 is 0. The monoisotopic (exact) mass is 783 g/mol. The fraction of sp³-hybridized carbons (Fsp3) is 0.452. The summed E-state index contributed by atoms with van der Waals surface area (Å²) in [6, 6.07) is 10.4. The van der Waals surface area contributed by atoms with Crippen molar-refractivity contribution in [2.75, 3.05) is 42.9 Å². The summed E-state index contributed by atoms with van der Waals surface area (Å²) in [6.45, 7) is 4.29. The van der Waals surface area contributed by atoms with E-state index in [2.05, 4.69) is 46.8 Å². The number of pyridine rings is 2. The summed E-state index contributed by atoms with van der Waals surface area (Å²) in [5, 5.41) is 18.5. The van der Waals surface area contributed by atoms with Crippen molar-refractivity contribution in [3.63, 3.8) is 0 Å². The zero-order valence-electron chi connectivity index (χ0n) is 32.2. The lowest BCUT2D eigenvalue weighted by Crippen LogP contribution is -2.54. The number of fused-ring (bicyclic) bond motifs is 2. The van der Waals surface area contributed by atoms with Crippen molar-refractivity contribution in [2.24, 2.45) is 5.92 Å². The first-order valence-corrected chi connectivity index (χ1v) is 20.4. The highest BCUT2D eigenvalue weighted by Gasteiger charge is 2.45. The van der Waals surface area contributed by atoms with Gasteiger partial charge in [0.2, 0.25) is 11.8 Å². The van der Waals surface area contributed by atoms with E-state index >= 15 is 0 Å². The molecule has 3 aromatic heterocycles. The van der Waals surface area contributed by atoms with Crippen LogP contribution in [0.5, 0.6) is 0 Å². The summed E-state index contributed by atoms with van der Waals surface area (Å²) in [5.41, 5.74) is 4.34. The van der Waals surface area contributed by atoms with Crippen LogP contribution in [-0.2, 0) is 9.59 Å². The molecule has 0 radical (unpaired) electrons. The van der Waals surface area contributed by atoms with Gasteiger partial charge in [0.05, 0.1) is 27.9 Å². The molecule has 2 saturated carbocycles. The molecule has 5 amide bonds. The van der Waals surface area contributed by atoms with Gasteiger partial charge in [-0.3, -0.25) is 43.7 Å². The van der Waals surface area contributed by atoms with E-state index in [1.807, 2.05) is 12.1 Å². The van der Waals surface area contributed by atoms with Crippen LogP contribution in [0, 0.1) is 17.2 Å². The molecule has 9 rings (SSSR count). The molecular formula is C42H45N11O5. The first-order chi connectivity index (χ1) is 28.2. The molecule has 1 unspecified atom stereocenters. The quantitative estimate of drug-likeness (QED) is 0.209. The van der Waals surface area contributed by atoms with Gasteiger partial charge in [0.25, 0.3) is 17.7 Å². The number of hydrogen-bond acceptors (Lipinski definition) is 12. The zero-order chi connectivity index (χ0) is 39.9. The fourth-order valence-corrected chi connectivity index (χ4v) is 9.26. The number of nitriles is 1. The number of piperazine rings is 1. The largest absolute Gasteiger partial charge is 0.382 e. The Morgan fingerprint density at radius 2 is 1.62 bits per heavy atom. The van der Waals surface area contributed by atoms with E-state index < -0.39 is 29.7 Å². The normalized spacial score (nSPS) is 22.9. The number of carbonyl (C=O) groups excluding carboxylic acids is 5. The molecule has 0 spiro atoms. The van der Waals surface area contributed by atoms with Crippen LogP contribution in [0.1, 0.15) is 101 Å². The van der Waals surface area contributed by atoms with Gasteiger partial charge in [-0.15, -0.1) is 0 Å². The topological polar surface area (TPSA) is 199 Å². The van der Waals surface area contributed by atoms with Gasteiger partial charge in [-0.05, 0) is 75.1 Å². The highest BCUT2D eigenvalue weighted by molar-refractivity contribution is 6.23. The lowest BCUT2D eigenvalue weighted by Gasteiger charge is -2.39. The Balaban J connectivity index is 0.781. The molecule has 1 atom stereocenters. The molecule has 58 heavy (non-hydrogen) atoms. The van der Waals surface area contributed by atoms with Crippen LogP contribution in [0.2, 0.25) is 0 Å². The molecule has 2 aliphatic carbocycles. The predicted octanol–water partition coefficient (Wildman–Crippen LogP) is 3.55. The molecule has 4 fully saturated rings. The Morgan fingerprint density at radius 1 is 0.845 bits per heavy atom. The van der Waals surface area contributed by atoms with Gasteiger partial charge in [0.1, 0.15) is 29.8 Å². The summed E-state index contributed by atoms with van der Waals surface area (Å²) in [4.78, 5) is 83.7. The van der Waals surface area contributed by atoms with Gasteiger partial charge in [-0.25, -0.2) is 15.0 Å². The fourth-order valence-electron chi connectivity index (χ4n) is 9.26. The Bertz CT molecular complexity index is 2350. The average molecular weight is 784 g/mol. The Kier molecular flexibility index (Phi) is 10.1. The van der Waals surface area contributed by atoms with Crippen molar-refractivity contribution < 1.29 is 24.0 Å². The number of imidazole rings is 1. The minimum atomic E-state index is -0.981. The molecule has 0 bridgehead atoms. The molecule has 5 aliphatic rings. The lowest BCUT2D eigenvalue weighted by molar-refractivity contribution is -0.136. The maximum Gasteiger partial charge on any atom is 0.262 e. The first-order valence-electron chi connectivity index (χ1n) is 20.4. The van der Waals surface area contributed by atoms with Gasteiger partial charge < -0.3 is 15.5 Å². The number of aromatic nitrogens is 4. The van der Waals surface area contributed by atoms with Gasteiger partial charge in [-0.2, -0.15) is 5.26 Å². The minimum Gasteiger partial charge on any atom is -0.382 e. The van der Waals surface area contributed by atoms with E-state index in [1.165, 1.54) is 6.20 Å². The van der Waals surface area contributed by atoms with Crippen molar-refractivity contribution in [1.82, 2.24) is 40.0 Å². The van der Waals surface area contributed by atoms with Gasteiger partial charge in [0, 0.05) is 75.4 Å². The summed E-state index contributed by atoms with van der Waals surface area (Å²) < 4.78 is 1.78.